The summed E-state index contributed by atoms with van der Waals surface area (Å²) in [4.78, 5) is 0. The van der Waals surface area contributed by atoms with Gasteiger partial charge >= 0.3 is 10.3 Å². The summed E-state index contributed by atoms with van der Waals surface area (Å²) < 4.78 is 29.3. The van der Waals surface area contributed by atoms with Crippen molar-refractivity contribution in [2.45, 2.75) is 39.3 Å². The minimum atomic E-state index is -3.52. The first-order valence-corrected chi connectivity index (χ1v) is 5.65. The Bertz CT molecular complexity index is 303. The summed E-state index contributed by atoms with van der Waals surface area (Å²) in [5, 5.41) is 0. The van der Waals surface area contributed by atoms with E-state index in [1.807, 2.05) is 19.9 Å². The third kappa shape index (κ3) is 3.46. The van der Waals surface area contributed by atoms with E-state index in [0.29, 0.717) is 6.42 Å². The highest BCUT2D eigenvalue weighted by atomic mass is 32.2. The molecule has 0 unspecified atom stereocenters. The molecule has 2 atom stereocenters. The van der Waals surface area contributed by atoms with Gasteiger partial charge in [0.2, 0.25) is 0 Å². The minimum Gasteiger partial charge on any atom is -0.255 e. The normalized spacial score (nSPS) is 32.5. The van der Waals surface area contributed by atoms with Gasteiger partial charge in [-0.3, -0.25) is 4.18 Å². The molecular formula is C8H15NO3S. The summed E-state index contributed by atoms with van der Waals surface area (Å²) >= 11 is 0. The second-order valence-corrected chi connectivity index (χ2v) is 4.90. The van der Waals surface area contributed by atoms with Crippen LogP contribution in [0.25, 0.3) is 0 Å². The van der Waals surface area contributed by atoms with E-state index in [-0.39, 0.29) is 12.1 Å². The maximum Gasteiger partial charge on any atom is 0.336 e. The van der Waals surface area contributed by atoms with Gasteiger partial charge < -0.3 is 0 Å². The van der Waals surface area contributed by atoms with Crippen LogP contribution in [0.4, 0.5) is 0 Å². The molecule has 4 nitrogen and oxygen atoms in total. The molecule has 1 saturated heterocycles. The van der Waals surface area contributed by atoms with Gasteiger partial charge in [-0.1, -0.05) is 11.6 Å². The SMILES string of the molecule is CC(C)=C[C@@H]1C[C@H](C)OS(=O)(=O)N1. The molecule has 0 spiro atoms. The summed E-state index contributed by atoms with van der Waals surface area (Å²) in [5.74, 6) is 0. The molecule has 5 heteroatoms. The summed E-state index contributed by atoms with van der Waals surface area (Å²) in [5.41, 5.74) is 1.10. The molecule has 0 aliphatic carbocycles. The number of allylic oxidation sites excluding steroid dienone is 1. The lowest BCUT2D eigenvalue weighted by molar-refractivity contribution is 0.183. The van der Waals surface area contributed by atoms with E-state index in [1.54, 1.807) is 6.92 Å². The average molecular weight is 205 g/mol. The van der Waals surface area contributed by atoms with Crippen molar-refractivity contribution in [2.75, 3.05) is 0 Å². The highest BCUT2D eigenvalue weighted by Crippen LogP contribution is 2.15. The van der Waals surface area contributed by atoms with Crippen LogP contribution in [0.5, 0.6) is 0 Å². The number of rotatable bonds is 1. The Labute approximate surface area is 79.2 Å². The fraction of sp³-hybridized carbons (Fsp3) is 0.750. The summed E-state index contributed by atoms with van der Waals surface area (Å²) in [6, 6.07) is -0.126. The molecule has 76 valence electrons. The van der Waals surface area contributed by atoms with Crippen molar-refractivity contribution in [1.29, 1.82) is 0 Å². The quantitative estimate of drug-likeness (QED) is 0.649. The van der Waals surface area contributed by atoms with Crippen molar-refractivity contribution in [3.63, 3.8) is 0 Å². The number of hydrogen-bond acceptors (Lipinski definition) is 3. The van der Waals surface area contributed by atoms with Gasteiger partial charge in [0, 0.05) is 6.04 Å². The van der Waals surface area contributed by atoms with Crippen LogP contribution in [0.1, 0.15) is 27.2 Å². The lowest BCUT2D eigenvalue weighted by atomic mass is 10.1. The monoisotopic (exact) mass is 205 g/mol. The molecule has 1 N–H and O–H groups in total. The summed E-state index contributed by atoms with van der Waals surface area (Å²) in [6.07, 6.45) is 2.34. The number of nitrogens with one attached hydrogen (secondary N) is 1. The topological polar surface area (TPSA) is 55.4 Å². The molecule has 1 aliphatic heterocycles. The van der Waals surface area contributed by atoms with Gasteiger partial charge in [-0.2, -0.15) is 13.1 Å². The second-order valence-electron chi connectivity index (χ2n) is 3.57. The van der Waals surface area contributed by atoms with Gasteiger partial charge in [-0.05, 0) is 27.2 Å². The Balaban J connectivity index is 2.75. The lowest BCUT2D eigenvalue weighted by Gasteiger charge is -2.25. The third-order valence-corrected chi connectivity index (χ3v) is 2.88. The van der Waals surface area contributed by atoms with Crippen molar-refractivity contribution >= 4 is 10.3 Å². The Morgan fingerprint density at radius 3 is 2.62 bits per heavy atom. The van der Waals surface area contributed by atoms with E-state index in [9.17, 15) is 8.42 Å². The van der Waals surface area contributed by atoms with Crippen LogP contribution in [0.3, 0.4) is 0 Å². The molecule has 1 rings (SSSR count). The highest BCUT2D eigenvalue weighted by molar-refractivity contribution is 7.84. The zero-order chi connectivity index (χ0) is 10.1. The summed E-state index contributed by atoms with van der Waals surface area (Å²) in [6.45, 7) is 5.63. The van der Waals surface area contributed by atoms with Crippen molar-refractivity contribution in [1.82, 2.24) is 4.72 Å². The Hall–Kier alpha value is -0.390. The Morgan fingerprint density at radius 1 is 1.54 bits per heavy atom. The van der Waals surface area contributed by atoms with Crippen LogP contribution in [-0.2, 0) is 14.5 Å². The van der Waals surface area contributed by atoms with E-state index < -0.39 is 10.3 Å². The van der Waals surface area contributed by atoms with Gasteiger partial charge in [0.1, 0.15) is 0 Å². The molecule has 0 radical (unpaired) electrons. The molecule has 0 aromatic carbocycles. The molecule has 0 saturated carbocycles. The predicted octanol–water partition coefficient (Wildman–Crippen LogP) is 0.964. The maximum absolute atomic E-state index is 11.1. The molecule has 13 heavy (non-hydrogen) atoms. The van der Waals surface area contributed by atoms with Gasteiger partial charge in [-0.25, -0.2) is 0 Å². The van der Waals surface area contributed by atoms with Crippen molar-refractivity contribution in [3.05, 3.63) is 11.6 Å². The molecule has 1 heterocycles. The van der Waals surface area contributed by atoms with Crippen LogP contribution >= 0.6 is 0 Å². The fourth-order valence-electron chi connectivity index (χ4n) is 1.38. The largest absolute Gasteiger partial charge is 0.336 e. The number of hydrogen-bond donors (Lipinski definition) is 1. The van der Waals surface area contributed by atoms with Gasteiger partial charge in [0.05, 0.1) is 6.10 Å². The molecule has 1 aliphatic rings. The Morgan fingerprint density at radius 2 is 2.15 bits per heavy atom. The van der Waals surface area contributed by atoms with Gasteiger partial charge in [-0.15, -0.1) is 0 Å². The van der Waals surface area contributed by atoms with E-state index in [1.165, 1.54) is 0 Å². The van der Waals surface area contributed by atoms with Crippen LogP contribution in [0.15, 0.2) is 11.6 Å². The third-order valence-electron chi connectivity index (χ3n) is 1.71. The predicted molar refractivity (Wildman–Crippen MR) is 50.4 cm³/mol. The molecule has 0 aromatic heterocycles. The smallest absolute Gasteiger partial charge is 0.255 e. The van der Waals surface area contributed by atoms with Crippen LogP contribution in [0.2, 0.25) is 0 Å². The fourth-order valence-corrected chi connectivity index (χ4v) is 2.48. The van der Waals surface area contributed by atoms with Gasteiger partial charge in [0.15, 0.2) is 0 Å². The van der Waals surface area contributed by atoms with E-state index >= 15 is 0 Å². The second kappa shape index (κ2) is 3.77. The van der Waals surface area contributed by atoms with Crippen LogP contribution in [0, 0.1) is 0 Å². The zero-order valence-electron chi connectivity index (χ0n) is 8.07. The molecule has 0 amide bonds. The molecule has 0 bridgehead atoms. The van der Waals surface area contributed by atoms with E-state index in [4.69, 9.17) is 4.18 Å². The zero-order valence-corrected chi connectivity index (χ0v) is 8.89. The molecule has 0 aromatic rings. The highest BCUT2D eigenvalue weighted by Gasteiger charge is 2.27. The first-order valence-electron chi connectivity index (χ1n) is 4.24. The summed E-state index contributed by atoms with van der Waals surface area (Å²) in [7, 11) is -3.52. The average Bonchev–Trinajstić information content (AvgIpc) is 1.78. The standard InChI is InChI=1S/C8H15NO3S/c1-6(2)4-8-5-7(3)12-13(10,11)9-8/h4,7-9H,5H2,1-3H3/t7-,8+/m0/s1. The van der Waals surface area contributed by atoms with Crippen LogP contribution in [-0.4, -0.2) is 20.6 Å². The van der Waals surface area contributed by atoms with E-state index in [2.05, 4.69) is 4.72 Å². The molecule has 1 fully saturated rings. The Kier molecular flexibility index (Phi) is 3.10. The maximum atomic E-state index is 11.1. The van der Waals surface area contributed by atoms with E-state index in [0.717, 1.165) is 5.57 Å². The first-order chi connectivity index (χ1) is 5.89. The van der Waals surface area contributed by atoms with Crippen LogP contribution < -0.4 is 4.72 Å². The first kappa shape index (κ1) is 10.7. The van der Waals surface area contributed by atoms with Gasteiger partial charge in [0.25, 0.3) is 0 Å². The van der Waals surface area contributed by atoms with Crippen molar-refractivity contribution < 1.29 is 12.6 Å². The minimum absolute atomic E-state index is 0.126. The van der Waals surface area contributed by atoms with Crippen molar-refractivity contribution in [3.8, 4) is 0 Å². The van der Waals surface area contributed by atoms with Crippen molar-refractivity contribution in [2.24, 2.45) is 0 Å². The molecular weight excluding hydrogens is 190 g/mol. The lowest BCUT2D eigenvalue weighted by Crippen LogP contribution is -2.44.